The van der Waals surface area contributed by atoms with Gasteiger partial charge < -0.3 is 16.0 Å². The fourth-order valence-corrected chi connectivity index (χ4v) is 2.02. The number of nitrogens with one attached hydrogen (secondary N) is 1. The van der Waals surface area contributed by atoms with E-state index in [0.29, 0.717) is 5.69 Å². The molecule has 1 unspecified atom stereocenters. The van der Waals surface area contributed by atoms with Gasteiger partial charge in [0.25, 0.3) is 0 Å². The van der Waals surface area contributed by atoms with Gasteiger partial charge in [-0.25, -0.2) is 0 Å². The minimum absolute atomic E-state index is 0.0221. The summed E-state index contributed by atoms with van der Waals surface area (Å²) in [5, 5.41) is 5.06. The first-order chi connectivity index (χ1) is 9.00. The second kappa shape index (κ2) is 5.14. The Morgan fingerprint density at radius 3 is 2.74 bits per heavy atom. The summed E-state index contributed by atoms with van der Waals surface area (Å²) in [6.07, 6.45) is 3.46. The van der Waals surface area contributed by atoms with Gasteiger partial charge in [-0.15, -0.1) is 0 Å². The molecule has 2 rings (SSSR count). The van der Waals surface area contributed by atoms with Gasteiger partial charge in [-0.3, -0.25) is 9.78 Å². The number of carbonyl (C=O) groups is 1. The van der Waals surface area contributed by atoms with Crippen LogP contribution in [0.5, 0.6) is 0 Å². The second-order valence-electron chi connectivity index (χ2n) is 4.72. The van der Waals surface area contributed by atoms with Crippen molar-refractivity contribution in [1.82, 2.24) is 9.88 Å². The van der Waals surface area contributed by atoms with Crippen molar-refractivity contribution in [2.24, 2.45) is 0 Å². The van der Waals surface area contributed by atoms with Crippen molar-refractivity contribution in [2.75, 3.05) is 25.1 Å². The van der Waals surface area contributed by atoms with Gasteiger partial charge in [0.2, 0.25) is 5.91 Å². The third kappa shape index (κ3) is 2.59. The standard InChI is InChI=1S/C14H18N4O/c1-9(14(19)18(2)3)17-13-5-4-12(15)10-6-7-16-8-11(10)13/h4-9,17H,15H2,1-3H3. The maximum absolute atomic E-state index is 11.9. The monoisotopic (exact) mass is 258 g/mol. The van der Waals surface area contributed by atoms with Crippen molar-refractivity contribution in [3.63, 3.8) is 0 Å². The van der Waals surface area contributed by atoms with E-state index in [4.69, 9.17) is 5.73 Å². The van der Waals surface area contributed by atoms with Crippen molar-refractivity contribution in [2.45, 2.75) is 13.0 Å². The minimum Gasteiger partial charge on any atom is -0.398 e. The summed E-state index contributed by atoms with van der Waals surface area (Å²) in [6.45, 7) is 1.83. The highest BCUT2D eigenvalue weighted by Gasteiger charge is 2.15. The molecule has 0 saturated heterocycles. The number of anilines is 2. The lowest BCUT2D eigenvalue weighted by molar-refractivity contribution is -0.129. The van der Waals surface area contributed by atoms with Gasteiger partial charge >= 0.3 is 0 Å². The highest BCUT2D eigenvalue weighted by Crippen LogP contribution is 2.27. The molecular weight excluding hydrogens is 240 g/mol. The van der Waals surface area contributed by atoms with Crippen LogP contribution >= 0.6 is 0 Å². The lowest BCUT2D eigenvalue weighted by Crippen LogP contribution is -2.36. The Morgan fingerprint density at radius 1 is 1.32 bits per heavy atom. The molecule has 0 bridgehead atoms. The molecule has 3 N–H and O–H groups in total. The summed E-state index contributed by atoms with van der Waals surface area (Å²) in [7, 11) is 3.48. The van der Waals surface area contributed by atoms with Gasteiger partial charge in [0.05, 0.1) is 0 Å². The van der Waals surface area contributed by atoms with Crippen molar-refractivity contribution >= 4 is 28.1 Å². The zero-order chi connectivity index (χ0) is 14.0. The summed E-state index contributed by atoms with van der Waals surface area (Å²) in [5.74, 6) is 0.0221. The van der Waals surface area contributed by atoms with E-state index < -0.39 is 0 Å². The topological polar surface area (TPSA) is 71.2 Å². The Balaban J connectivity index is 2.36. The van der Waals surface area contributed by atoms with Crippen molar-refractivity contribution in [3.8, 4) is 0 Å². The maximum atomic E-state index is 11.9. The number of nitrogen functional groups attached to an aromatic ring is 1. The van der Waals surface area contributed by atoms with E-state index in [0.717, 1.165) is 16.5 Å². The van der Waals surface area contributed by atoms with Crippen LogP contribution in [0.2, 0.25) is 0 Å². The zero-order valence-corrected chi connectivity index (χ0v) is 11.3. The van der Waals surface area contributed by atoms with Crippen molar-refractivity contribution in [3.05, 3.63) is 30.6 Å². The Bertz CT molecular complexity index is 609. The molecule has 0 spiro atoms. The summed E-state index contributed by atoms with van der Waals surface area (Å²) in [5.41, 5.74) is 7.50. The number of fused-ring (bicyclic) bond motifs is 1. The molecule has 1 aromatic heterocycles. The number of amides is 1. The molecule has 1 atom stereocenters. The molecule has 1 heterocycles. The summed E-state index contributed by atoms with van der Waals surface area (Å²) >= 11 is 0. The number of pyridine rings is 1. The quantitative estimate of drug-likeness (QED) is 0.822. The lowest BCUT2D eigenvalue weighted by atomic mass is 10.1. The molecule has 2 aromatic rings. The van der Waals surface area contributed by atoms with Crippen LogP contribution in [0.15, 0.2) is 30.6 Å². The van der Waals surface area contributed by atoms with Gasteiger partial charge in [0.15, 0.2) is 0 Å². The van der Waals surface area contributed by atoms with E-state index in [-0.39, 0.29) is 11.9 Å². The summed E-state index contributed by atoms with van der Waals surface area (Å²) in [4.78, 5) is 17.5. The first-order valence-corrected chi connectivity index (χ1v) is 6.10. The van der Waals surface area contributed by atoms with Crippen LogP contribution in [0.3, 0.4) is 0 Å². The average molecular weight is 258 g/mol. The Labute approximate surface area is 112 Å². The van der Waals surface area contributed by atoms with Gasteiger partial charge in [0.1, 0.15) is 6.04 Å². The second-order valence-corrected chi connectivity index (χ2v) is 4.72. The van der Waals surface area contributed by atoms with Crippen LogP contribution < -0.4 is 11.1 Å². The Hall–Kier alpha value is -2.30. The number of nitrogens with zero attached hydrogens (tertiary/aromatic N) is 2. The number of carbonyl (C=O) groups excluding carboxylic acids is 1. The zero-order valence-electron chi connectivity index (χ0n) is 11.3. The molecular formula is C14H18N4O. The van der Waals surface area contributed by atoms with E-state index in [1.165, 1.54) is 0 Å². The van der Waals surface area contributed by atoms with Crippen LogP contribution in [0.1, 0.15) is 6.92 Å². The number of hydrogen-bond acceptors (Lipinski definition) is 4. The highest BCUT2D eigenvalue weighted by atomic mass is 16.2. The lowest BCUT2D eigenvalue weighted by Gasteiger charge is -2.20. The van der Waals surface area contributed by atoms with E-state index in [2.05, 4.69) is 10.3 Å². The number of hydrogen-bond donors (Lipinski definition) is 2. The van der Waals surface area contributed by atoms with E-state index in [1.54, 1.807) is 31.4 Å². The molecule has 0 radical (unpaired) electrons. The summed E-state index contributed by atoms with van der Waals surface area (Å²) in [6, 6.07) is 5.27. The molecule has 0 aliphatic rings. The number of likely N-dealkylation sites (N-methyl/N-ethyl adjacent to an activating group) is 1. The molecule has 1 aromatic carbocycles. The van der Waals surface area contributed by atoms with Crippen LogP contribution in [-0.2, 0) is 4.79 Å². The third-order valence-corrected chi connectivity index (χ3v) is 3.04. The molecule has 0 aliphatic heterocycles. The maximum Gasteiger partial charge on any atom is 0.244 e. The van der Waals surface area contributed by atoms with Crippen LogP contribution in [0, 0.1) is 0 Å². The normalized spacial score (nSPS) is 12.2. The fraction of sp³-hybridized carbons (Fsp3) is 0.286. The Morgan fingerprint density at radius 2 is 2.05 bits per heavy atom. The van der Waals surface area contributed by atoms with Crippen LogP contribution in [0.4, 0.5) is 11.4 Å². The molecule has 100 valence electrons. The molecule has 0 fully saturated rings. The van der Waals surface area contributed by atoms with Gasteiger partial charge in [-0.2, -0.15) is 0 Å². The Kier molecular flexibility index (Phi) is 3.55. The van der Waals surface area contributed by atoms with Crippen LogP contribution in [-0.4, -0.2) is 35.9 Å². The number of rotatable bonds is 3. The number of benzene rings is 1. The number of nitrogens with two attached hydrogens (primary N) is 1. The molecule has 0 saturated carbocycles. The van der Waals surface area contributed by atoms with Crippen molar-refractivity contribution in [1.29, 1.82) is 0 Å². The first kappa shape index (κ1) is 13.1. The number of aromatic nitrogens is 1. The smallest absolute Gasteiger partial charge is 0.244 e. The van der Waals surface area contributed by atoms with Crippen molar-refractivity contribution < 1.29 is 4.79 Å². The minimum atomic E-state index is -0.304. The SMILES string of the molecule is CC(Nc1ccc(N)c2ccncc12)C(=O)N(C)C. The van der Waals surface area contributed by atoms with E-state index in [9.17, 15) is 4.79 Å². The predicted molar refractivity (Wildman–Crippen MR) is 77.9 cm³/mol. The average Bonchev–Trinajstić information content (AvgIpc) is 2.41. The van der Waals surface area contributed by atoms with Gasteiger partial charge in [0, 0.05) is 48.6 Å². The van der Waals surface area contributed by atoms with Crippen LogP contribution in [0.25, 0.3) is 10.8 Å². The summed E-state index contributed by atoms with van der Waals surface area (Å²) < 4.78 is 0. The van der Waals surface area contributed by atoms with Gasteiger partial charge in [-0.1, -0.05) is 0 Å². The predicted octanol–water partition coefficient (Wildman–Crippen LogP) is 1.71. The molecule has 0 aliphatic carbocycles. The van der Waals surface area contributed by atoms with Gasteiger partial charge in [-0.05, 0) is 25.1 Å². The molecule has 19 heavy (non-hydrogen) atoms. The van der Waals surface area contributed by atoms with E-state index >= 15 is 0 Å². The fourth-order valence-electron chi connectivity index (χ4n) is 2.02. The molecule has 1 amide bonds. The highest BCUT2D eigenvalue weighted by molar-refractivity contribution is 6.01. The first-order valence-electron chi connectivity index (χ1n) is 6.10. The molecule has 5 nitrogen and oxygen atoms in total. The van der Waals surface area contributed by atoms with E-state index in [1.807, 2.05) is 25.1 Å². The third-order valence-electron chi connectivity index (χ3n) is 3.04. The molecule has 5 heteroatoms. The largest absolute Gasteiger partial charge is 0.398 e.